The van der Waals surface area contributed by atoms with Gasteiger partial charge < -0.3 is 0 Å². The Balaban J connectivity index is 3.16. The maximum absolute atomic E-state index is 12.2. The second kappa shape index (κ2) is 4.28. The predicted molar refractivity (Wildman–Crippen MR) is 57.5 cm³/mol. The molecule has 0 amide bonds. The molecule has 1 aromatic rings. The van der Waals surface area contributed by atoms with Crippen molar-refractivity contribution in [3.63, 3.8) is 0 Å². The highest BCUT2D eigenvalue weighted by molar-refractivity contribution is 14.1. The lowest BCUT2D eigenvalue weighted by Crippen LogP contribution is -2.31. The first-order valence-electron chi connectivity index (χ1n) is 3.76. The maximum atomic E-state index is 12.2. The third-order valence-electron chi connectivity index (χ3n) is 1.60. The van der Waals surface area contributed by atoms with Crippen molar-refractivity contribution in [2.75, 3.05) is 0 Å². The quantitative estimate of drug-likeness (QED) is 0.607. The van der Waals surface area contributed by atoms with Gasteiger partial charge in [0.05, 0.1) is 4.90 Å². The van der Waals surface area contributed by atoms with Crippen LogP contribution in [-0.4, -0.2) is 17.9 Å². The highest BCUT2D eigenvalue weighted by atomic mass is 127. The molecule has 0 aromatic heterocycles. The fraction of sp³-hybridized carbons (Fsp3) is 0.250. The van der Waals surface area contributed by atoms with E-state index in [1.807, 2.05) is 0 Å². The molecule has 84 valence electrons. The number of hydrogen-bond acceptors (Lipinski definition) is 2. The Morgan fingerprint density at radius 1 is 1.13 bits per heavy atom. The molecule has 7 heteroatoms. The average molecular weight is 350 g/mol. The minimum Gasteiger partial charge on any atom is -0.222 e. The van der Waals surface area contributed by atoms with E-state index >= 15 is 0 Å². The van der Waals surface area contributed by atoms with Gasteiger partial charge >= 0.3 is 6.18 Å². The lowest BCUT2D eigenvalue weighted by atomic mass is 10.4. The Kier molecular flexibility index (Phi) is 3.64. The summed E-state index contributed by atoms with van der Waals surface area (Å²) in [6.07, 6.45) is -4.75. The molecule has 0 radical (unpaired) electrons. The van der Waals surface area contributed by atoms with E-state index in [1.165, 1.54) is 18.2 Å². The van der Waals surface area contributed by atoms with Gasteiger partial charge in [0.25, 0.3) is 0 Å². The molecular weight excluding hydrogens is 344 g/mol. The van der Waals surface area contributed by atoms with Gasteiger partial charge in [0.1, 0.15) is 0 Å². The highest BCUT2D eigenvalue weighted by Gasteiger charge is 2.47. The van der Waals surface area contributed by atoms with Crippen LogP contribution in [0.4, 0.5) is 13.2 Å². The van der Waals surface area contributed by atoms with Gasteiger partial charge in [-0.2, -0.15) is 13.2 Å². The van der Waals surface area contributed by atoms with Crippen molar-refractivity contribution in [3.05, 3.63) is 30.3 Å². The molecule has 0 aliphatic heterocycles. The van der Waals surface area contributed by atoms with Gasteiger partial charge in [-0.15, -0.1) is 0 Å². The predicted octanol–water partition coefficient (Wildman–Crippen LogP) is 2.78. The van der Waals surface area contributed by atoms with Gasteiger partial charge in [-0.25, -0.2) is 8.42 Å². The number of alkyl halides is 4. The van der Waals surface area contributed by atoms with Gasteiger partial charge in [-0.1, -0.05) is 40.8 Å². The monoisotopic (exact) mass is 350 g/mol. The average Bonchev–Trinajstić information content (AvgIpc) is 2.16. The number of benzene rings is 1. The lowest BCUT2D eigenvalue weighted by molar-refractivity contribution is -0.110. The van der Waals surface area contributed by atoms with Crippen LogP contribution in [0.3, 0.4) is 0 Å². The molecule has 1 aromatic carbocycles. The Morgan fingerprint density at radius 3 is 2.00 bits per heavy atom. The number of rotatable bonds is 2. The minimum absolute atomic E-state index is 0.318. The molecule has 0 fully saturated rings. The van der Waals surface area contributed by atoms with Crippen molar-refractivity contribution >= 4 is 32.4 Å². The fourth-order valence-electron chi connectivity index (χ4n) is 0.906. The van der Waals surface area contributed by atoms with Crippen LogP contribution in [0.5, 0.6) is 0 Å². The zero-order valence-corrected chi connectivity index (χ0v) is 10.2. The molecule has 2 nitrogen and oxygen atoms in total. The smallest absolute Gasteiger partial charge is 0.222 e. The molecular formula is C8H6F3IO2S. The maximum Gasteiger partial charge on any atom is 0.414 e. The van der Waals surface area contributed by atoms with Crippen LogP contribution < -0.4 is 0 Å². The van der Waals surface area contributed by atoms with E-state index in [1.54, 1.807) is 0 Å². The molecule has 0 heterocycles. The Bertz CT molecular complexity index is 427. The summed E-state index contributed by atoms with van der Waals surface area (Å²) in [5, 5.41) is 0. The van der Waals surface area contributed by atoms with Crippen LogP contribution in [-0.2, 0) is 9.84 Å². The van der Waals surface area contributed by atoms with Crippen molar-refractivity contribution in [2.45, 2.75) is 14.3 Å². The summed E-state index contributed by atoms with van der Waals surface area (Å²) < 4.78 is 57.2. The van der Waals surface area contributed by atoms with E-state index < -0.39 is 19.3 Å². The molecule has 0 saturated heterocycles. The van der Waals surface area contributed by atoms with Gasteiger partial charge in [0, 0.05) is 0 Å². The van der Waals surface area contributed by atoms with Crippen LogP contribution in [0.2, 0.25) is 0 Å². The lowest BCUT2D eigenvalue weighted by Gasteiger charge is -2.14. The largest absolute Gasteiger partial charge is 0.414 e. The Labute approximate surface area is 98.5 Å². The van der Waals surface area contributed by atoms with Crippen molar-refractivity contribution in [2.24, 2.45) is 0 Å². The molecule has 1 unspecified atom stereocenters. The standard InChI is InChI=1S/C8H6F3IO2S/c9-8(10,11)7(12)15(13,14)6-4-2-1-3-5-6/h1-5,7H. The third kappa shape index (κ3) is 2.83. The Morgan fingerprint density at radius 2 is 1.60 bits per heavy atom. The van der Waals surface area contributed by atoms with Gasteiger partial charge in [0.15, 0.2) is 9.84 Å². The molecule has 1 rings (SSSR count). The van der Waals surface area contributed by atoms with Gasteiger partial charge in [0.2, 0.25) is 3.26 Å². The molecule has 0 N–H and O–H groups in total. The molecule has 0 aliphatic carbocycles. The number of halogens is 4. The Hall–Kier alpha value is -0.310. The van der Waals surface area contributed by atoms with Crippen LogP contribution >= 0.6 is 22.6 Å². The summed E-state index contributed by atoms with van der Waals surface area (Å²) in [6, 6.07) is 6.59. The van der Waals surface area contributed by atoms with E-state index in [9.17, 15) is 21.6 Å². The number of sulfone groups is 1. The summed E-state index contributed by atoms with van der Waals surface area (Å²) in [5.41, 5.74) is 0. The van der Waals surface area contributed by atoms with E-state index in [4.69, 9.17) is 0 Å². The third-order valence-corrected chi connectivity index (χ3v) is 6.06. The molecule has 0 aliphatic rings. The van der Waals surface area contributed by atoms with Gasteiger partial charge in [-0.3, -0.25) is 0 Å². The topological polar surface area (TPSA) is 34.1 Å². The summed E-state index contributed by atoms with van der Waals surface area (Å²) in [7, 11) is -4.34. The van der Waals surface area contributed by atoms with Gasteiger partial charge in [-0.05, 0) is 12.1 Å². The molecule has 0 bridgehead atoms. The normalized spacial score (nSPS) is 14.9. The highest BCUT2D eigenvalue weighted by Crippen LogP contribution is 2.34. The van der Waals surface area contributed by atoms with E-state index in [0.717, 1.165) is 34.7 Å². The summed E-state index contributed by atoms with van der Waals surface area (Å²) in [6.45, 7) is 0. The molecule has 0 saturated carbocycles. The number of hydrogen-bond donors (Lipinski definition) is 0. The zero-order valence-electron chi connectivity index (χ0n) is 7.20. The first-order chi connectivity index (χ1) is 6.76. The van der Waals surface area contributed by atoms with Crippen LogP contribution in [0, 0.1) is 0 Å². The fourth-order valence-corrected chi connectivity index (χ4v) is 2.91. The van der Waals surface area contributed by atoms with E-state index in [0.29, 0.717) is 0 Å². The first kappa shape index (κ1) is 12.8. The second-order valence-electron chi connectivity index (χ2n) is 2.72. The summed E-state index contributed by atoms with van der Waals surface area (Å²) in [4.78, 5) is -0.318. The van der Waals surface area contributed by atoms with Crippen molar-refractivity contribution < 1.29 is 21.6 Å². The van der Waals surface area contributed by atoms with E-state index in [-0.39, 0.29) is 4.90 Å². The van der Waals surface area contributed by atoms with Crippen LogP contribution in [0.1, 0.15) is 0 Å². The molecule has 15 heavy (non-hydrogen) atoms. The van der Waals surface area contributed by atoms with Crippen LogP contribution in [0.25, 0.3) is 0 Å². The minimum atomic E-state index is -4.75. The second-order valence-corrected chi connectivity index (χ2v) is 6.84. The van der Waals surface area contributed by atoms with Crippen molar-refractivity contribution in [1.29, 1.82) is 0 Å². The molecule has 1 atom stereocenters. The van der Waals surface area contributed by atoms with Crippen molar-refractivity contribution in [1.82, 2.24) is 0 Å². The summed E-state index contributed by atoms with van der Waals surface area (Å²) in [5.74, 6) is 0. The zero-order chi connectivity index (χ0) is 11.7. The molecule has 0 spiro atoms. The van der Waals surface area contributed by atoms with Crippen LogP contribution in [0.15, 0.2) is 35.2 Å². The summed E-state index contributed by atoms with van der Waals surface area (Å²) >= 11 is 0.882. The SMILES string of the molecule is O=S(=O)(c1ccccc1)C(I)C(F)(F)F. The van der Waals surface area contributed by atoms with Crippen molar-refractivity contribution in [3.8, 4) is 0 Å². The van der Waals surface area contributed by atoms with E-state index in [2.05, 4.69) is 0 Å². The first-order valence-corrected chi connectivity index (χ1v) is 6.55.